The molecule has 4 nitrogen and oxygen atoms in total. The number of hydrogen-bond acceptors (Lipinski definition) is 5. The molecule has 3 rings (SSSR count). The maximum absolute atomic E-state index is 13.1. The Balaban J connectivity index is 2.00. The lowest BCUT2D eigenvalue weighted by Gasteiger charge is -2.04. The normalized spacial score (nSPS) is 11.0. The molecule has 0 atom stereocenters. The Morgan fingerprint density at radius 3 is 2.77 bits per heavy atom. The van der Waals surface area contributed by atoms with Crippen molar-refractivity contribution in [2.24, 2.45) is 5.73 Å². The van der Waals surface area contributed by atoms with Gasteiger partial charge in [0.25, 0.3) is 0 Å². The van der Waals surface area contributed by atoms with Gasteiger partial charge < -0.3 is 5.73 Å². The van der Waals surface area contributed by atoms with Crippen LogP contribution in [0.5, 0.6) is 0 Å². The first-order chi connectivity index (χ1) is 10.6. The Morgan fingerprint density at radius 1 is 1.27 bits per heavy atom. The number of nitrogens with two attached hydrogens (primary N) is 1. The quantitative estimate of drug-likeness (QED) is 0.573. The summed E-state index contributed by atoms with van der Waals surface area (Å²) in [6, 6.07) is 6.34. The molecule has 2 heterocycles. The molecule has 22 heavy (non-hydrogen) atoms. The summed E-state index contributed by atoms with van der Waals surface area (Å²) in [6.07, 6.45) is 1.81. The first kappa shape index (κ1) is 14.9. The van der Waals surface area contributed by atoms with Gasteiger partial charge in [-0.15, -0.1) is 23.1 Å². The number of primary amides is 1. The molecule has 112 valence electrons. The van der Waals surface area contributed by atoms with Crippen LogP contribution in [0.1, 0.15) is 6.42 Å². The van der Waals surface area contributed by atoms with E-state index in [-0.39, 0.29) is 11.7 Å². The van der Waals surface area contributed by atoms with E-state index in [9.17, 15) is 9.18 Å². The molecule has 3 aromatic rings. The fourth-order valence-electron chi connectivity index (χ4n) is 2.05. The van der Waals surface area contributed by atoms with Crippen LogP contribution < -0.4 is 5.73 Å². The number of hydrogen-bond donors (Lipinski definition) is 1. The minimum Gasteiger partial charge on any atom is -0.370 e. The fourth-order valence-corrected chi connectivity index (χ4v) is 4.00. The minimum atomic E-state index is -0.332. The van der Waals surface area contributed by atoms with Crippen molar-refractivity contribution < 1.29 is 9.18 Å². The lowest BCUT2D eigenvalue weighted by atomic mass is 10.1. The summed E-state index contributed by atoms with van der Waals surface area (Å²) >= 11 is 2.99. The Morgan fingerprint density at radius 2 is 2.05 bits per heavy atom. The number of aromatic nitrogens is 2. The van der Waals surface area contributed by atoms with E-state index in [4.69, 9.17) is 5.73 Å². The number of amides is 1. The van der Waals surface area contributed by atoms with Crippen molar-refractivity contribution >= 4 is 39.2 Å². The van der Waals surface area contributed by atoms with Gasteiger partial charge in [-0.2, -0.15) is 0 Å². The number of thioether (sulfide) groups is 1. The summed E-state index contributed by atoms with van der Waals surface area (Å²) in [6.45, 7) is 0. The summed E-state index contributed by atoms with van der Waals surface area (Å²) in [7, 11) is 0. The highest BCUT2D eigenvalue weighted by molar-refractivity contribution is 7.99. The molecular weight excluding hydrogens is 321 g/mol. The third-order valence-corrected chi connectivity index (χ3v) is 4.96. The number of thiophene rings is 1. The summed E-state index contributed by atoms with van der Waals surface area (Å²) in [4.78, 5) is 20.3. The number of halogens is 1. The van der Waals surface area contributed by atoms with E-state index in [1.54, 1.807) is 12.1 Å². The van der Waals surface area contributed by atoms with Crippen LogP contribution >= 0.6 is 23.1 Å². The molecule has 0 aliphatic carbocycles. The number of carbonyl (C=O) groups excluding carboxylic acids is 1. The molecule has 1 aromatic carbocycles. The van der Waals surface area contributed by atoms with Gasteiger partial charge in [-0.05, 0) is 17.7 Å². The van der Waals surface area contributed by atoms with Crippen molar-refractivity contribution in [3.63, 3.8) is 0 Å². The van der Waals surface area contributed by atoms with E-state index < -0.39 is 0 Å². The molecule has 0 fully saturated rings. The van der Waals surface area contributed by atoms with Crippen LogP contribution in [-0.4, -0.2) is 21.6 Å². The molecule has 0 saturated carbocycles. The molecule has 0 unspecified atom stereocenters. The lowest BCUT2D eigenvalue weighted by Crippen LogP contribution is -2.10. The van der Waals surface area contributed by atoms with Gasteiger partial charge >= 0.3 is 0 Å². The Bertz CT molecular complexity index is 817. The second-order valence-corrected chi connectivity index (χ2v) is 6.52. The second-order valence-electron chi connectivity index (χ2n) is 4.58. The van der Waals surface area contributed by atoms with Crippen molar-refractivity contribution in [2.45, 2.75) is 11.4 Å². The Hall–Kier alpha value is -1.99. The SMILES string of the molecule is NC(=O)CCSc1ncnc2scc(-c3ccc(F)cc3)c12. The van der Waals surface area contributed by atoms with E-state index in [1.807, 2.05) is 5.38 Å². The van der Waals surface area contributed by atoms with Gasteiger partial charge in [0, 0.05) is 23.1 Å². The highest BCUT2D eigenvalue weighted by Gasteiger charge is 2.13. The number of benzene rings is 1. The monoisotopic (exact) mass is 333 g/mol. The van der Waals surface area contributed by atoms with Crippen LogP contribution in [0.2, 0.25) is 0 Å². The summed E-state index contributed by atoms with van der Waals surface area (Å²) in [5.41, 5.74) is 7.06. The first-order valence-electron chi connectivity index (χ1n) is 6.54. The molecule has 0 radical (unpaired) electrons. The van der Waals surface area contributed by atoms with Crippen molar-refractivity contribution in [2.75, 3.05) is 5.75 Å². The largest absolute Gasteiger partial charge is 0.370 e. The minimum absolute atomic E-state index is 0.268. The zero-order valence-corrected chi connectivity index (χ0v) is 13.1. The lowest BCUT2D eigenvalue weighted by molar-refractivity contribution is -0.117. The van der Waals surface area contributed by atoms with Gasteiger partial charge in [0.2, 0.25) is 5.91 Å². The second kappa shape index (κ2) is 6.41. The van der Waals surface area contributed by atoms with Gasteiger partial charge in [0.15, 0.2) is 0 Å². The summed E-state index contributed by atoms with van der Waals surface area (Å²) < 4.78 is 13.1. The molecule has 2 aromatic heterocycles. The summed E-state index contributed by atoms with van der Waals surface area (Å²) in [5.74, 6) is -0.0300. The van der Waals surface area contributed by atoms with Crippen LogP contribution in [0, 0.1) is 5.82 Å². The zero-order chi connectivity index (χ0) is 15.5. The maximum atomic E-state index is 13.1. The maximum Gasteiger partial charge on any atom is 0.218 e. The molecule has 1 amide bonds. The molecule has 7 heteroatoms. The number of carbonyl (C=O) groups is 1. The highest BCUT2D eigenvalue weighted by Crippen LogP contribution is 2.37. The molecule has 2 N–H and O–H groups in total. The van der Waals surface area contributed by atoms with Gasteiger partial charge in [-0.1, -0.05) is 12.1 Å². The summed E-state index contributed by atoms with van der Waals surface area (Å²) in [5, 5.41) is 3.74. The van der Waals surface area contributed by atoms with Crippen LogP contribution in [0.25, 0.3) is 21.3 Å². The fraction of sp³-hybridized carbons (Fsp3) is 0.133. The average molecular weight is 333 g/mol. The molecule has 0 spiro atoms. The van der Waals surface area contributed by atoms with Crippen molar-refractivity contribution in [1.29, 1.82) is 0 Å². The molecule has 0 aliphatic heterocycles. The van der Waals surface area contributed by atoms with E-state index in [0.717, 1.165) is 26.4 Å². The first-order valence-corrected chi connectivity index (χ1v) is 8.41. The number of fused-ring (bicyclic) bond motifs is 1. The highest BCUT2D eigenvalue weighted by atomic mass is 32.2. The standard InChI is InChI=1S/C15H12FN3OS2/c16-10-3-1-9(2-4-10)11-7-22-15-13(11)14(18-8-19-15)21-6-5-12(17)20/h1-4,7-8H,5-6H2,(H2,17,20). The van der Waals surface area contributed by atoms with E-state index in [1.165, 1.54) is 41.6 Å². The Kier molecular flexibility index (Phi) is 4.35. The van der Waals surface area contributed by atoms with Gasteiger partial charge in [0.1, 0.15) is 22.0 Å². The van der Waals surface area contributed by atoms with Crippen LogP contribution in [-0.2, 0) is 4.79 Å². The number of nitrogens with zero attached hydrogens (tertiary/aromatic N) is 2. The van der Waals surface area contributed by atoms with E-state index in [0.29, 0.717) is 12.2 Å². The molecule has 0 aliphatic rings. The van der Waals surface area contributed by atoms with Crippen LogP contribution in [0.4, 0.5) is 4.39 Å². The topological polar surface area (TPSA) is 68.9 Å². The van der Waals surface area contributed by atoms with Crippen LogP contribution in [0.3, 0.4) is 0 Å². The third kappa shape index (κ3) is 3.10. The molecular formula is C15H12FN3OS2. The third-order valence-electron chi connectivity index (χ3n) is 3.08. The van der Waals surface area contributed by atoms with E-state index >= 15 is 0 Å². The Labute approximate surface area is 134 Å². The van der Waals surface area contributed by atoms with Gasteiger partial charge in [0.05, 0.1) is 5.39 Å². The average Bonchev–Trinajstić information content (AvgIpc) is 2.93. The van der Waals surface area contributed by atoms with Crippen LogP contribution in [0.15, 0.2) is 41.0 Å². The van der Waals surface area contributed by atoms with Crippen molar-refractivity contribution in [1.82, 2.24) is 9.97 Å². The van der Waals surface area contributed by atoms with Gasteiger partial charge in [-0.3, -0.25) is 4.79 Å². The molecule has 0 saturated heterocycles. The molecule has 0 bridgehead atoms. The smallest absolute Gasteiger partial charge is 0.218 e. The predicted octanol–water partition coefficient (Wildman–Crippen LogP) is 3.46. The van der Waals surface area contributed by atoms with E-state index in [2.05, 4.69) is 9.97 Å². The number of rotatable bonds is 5. The van der Waals surface area contributed by atoms with Gasteiger partial charge in [-0.25, -0.2) is 14.4 Å². The zero-order valence-electron chi connectivity index (χ0n) is 11.5. The van der Waals surface area contributed by atoms with Crippen molar-refractivity contribution in [3.8, 4) is 11.1 Å². The predicted molar refractivity (Wildman–Crippen MR) is 87.3 cm³/mol. The van der Waals surface area contributed by atoms with Crippen molar-refractivity contribution in [3.05, 3.63) is 41.8 Å².